The number of nitrogens with one attached hydrogen (secondary N) is 1. The van der Waals surface area contributed by atoms with Gasteiger partial charge < -0.3 is 5.32 Å². The fraction of sp³-hybridized carbons (Fsp3) is 0.727. The summed E-state index contributed by atoms with van der Waals surface area (Å²) in [5, 5.41) is 15.4. The van der Waals surface area contributed by atoms with E-state index >= 15 is 0 Å². The van der Waals surface area contributed by atoms with Gasteiger partial charge >= 0.3 is 0 Å². The first-order valence-electron chi connectivity index (χ1n) is 5.86. The Bertz CT molecular complexity index is 364. The lowest BCUT2D eigenvalue weighted by Crippen LogP contribution is -2.16. The summed E-state index contributed by atoms with van der Waals surface area (Å²) in [6.45, 7) is 3.20. The SMILES string of the molecule is CC(=CCCNC1CC1)Cc1nnn(C)n1. The van der Waals surface area contributed by atoms with Crippen LogP contribution in [0.5, 0.6) is 0 Å². The molecule has 1 saturated carbocycles. The van der Waals surface area contributed by atoms with E-state index in [9.17, 15) is 0 Å². The molecule has 1 aromatic heterocycles. The summed E-state index contributed by atoms with van der Waals surface area (Å²) >= 11 is 0. The average Bonchev–Trinajstić information content (AvgIpc) is 2.98. The minimum absolute atomic E-state index is 0.798. The molecule has 88 valence electrons. The molecule has 16 heavy (non-hydrogen) atoms. The summed E-state index contributed by atoms with van der Waals surface area (Å²) < 4.78 is 0. The molecule has 0 atom stereocenters. The Hall–Kier alpha value is -1.23. The molecule has 2 rings (SSSR count). The quantitative estimate of drug-likeness (QED) is 0.571. The summed E-state index contributed by atoms with van der Waals surface area (Å²) in [5.74, 6) is 0.798. The van der Waals surface area contributed by atoms with E-state index in [0.29, 0.717) is 0 Å². The predicted molar refractivity (Wildman–Crippen MR) is 61.9 cm³/mol. The number of rotatable bonds is 6. The fourth-order valence-electron chi connectivity index (χ4n) is 1.61. The van der Waals surface area contributed by atoms with Gasteiger partial charge in [-0.25, -0.2) is 0 Å². The number of nitrogens with zero attached hydrogens (tertiary/aromatic N) is 4. The molecule has 1 aliphatic carbocycles. The molecule has 0 saturated heterocycles. The van der Waals surface area contributed by atoms with Crippen molar-refractivity contribution in [3.63, 3.8) is 0 Å². The van der Waals surface area contributed by atoms with Crippen LogP contribution in [0.2, 0.25) is 0 Å². The van der Waals surface area contributed by atoms with Crippen molar-refractivity contribution in [2.45, 2.75) is 38.6 Å². The number of tetrazole rings is 1. The number of allylic oxidation sites excluding steroid dienone is 1. The van der Waals surface area contributed by atoms with E-state index in [0.717, 1.165) is 31.3 Å². The minimum atomic E-state index is 0.798. The van der Waals surface area contributed by atoms with Crippen molar-refractivity contribution >= 4 is 0 Å². The average molecular weight is 221 g/mol. The standard InChI is InChI=1S/C11H19N5/c1-9(4-3-7-12-10-5-6-10)8-11-13-15-16(2)14-11/h4,10,12H,3,5-8H2,1-2H3. The first-order valence-corrected chi connectivity index (χ1v) is 5.86. The van der Waals surface area contributed by atoms with E-state index in [2.05, 4.69) is 33.7 Å². The van der Waals surface area contributed by atoms with Gasteiger partial charge in [0, 0.05) is 12.5 Å². The van der Waals surface area contributed by atoms with Gasteiger partial charge in [-0.1, -0.05) is 11.6 Å². The van der Waals surface area contributed by atoms with Crippen LogP contribution in [0.1, 0.15) is 32.0 Å². The Kier molecular flexibility index (Phi) is 3.66. The number of hydrogen-bond donors (Lipinski definition) is 1. The van der Waals surface area contributed by atoms with Crippen LogP contribution >= 0.6 is 0 Å². The first-order chi connectivity index (χ1) is 7.74. The highest BCUT2D eigenvalue weighted by molar-refractivity contribution is 5.05. The molecule has 0 radical (unpaired) electrons. The summed E-state index contributed by atoms with van der Waals surface area (Å²) in [5.41, 5.74) is 1.31. The van der Waals surface area contributed by atoms with Gasteiger partial charge in [0.25, 0.3) is 0 Å². The first kappa shape index (κ1) is 11.3. The Balaban J connectivity index is 1.69. The normalized spacial score (nSPS) is 16.8. The van der Waals surface area contributed by atoms with Gasteiger partial charge in [0.15, 0.2) is 5.82 Å². The lowest BCUT2D eigenvalue weighted by atomic mass is 10.2. The maximum atomic E-state index is 4.16. The smallest absolute Gasteiger partial charge is 0.178 e. The van der Waals surface area contributed by atoms with Crippen molar-refractivity contribution in [3.05, 3.63) is 17.5 Å². The maximum Gasteiger partial charge on any atom is 0.178 e. The lowest BCUT2D eigenvalue weighted by molar-refractivity contribution is 0.628. The molecule has 0 aliphatic heterocycles. The van der Waals surface area contributed by atoms with Gasteiger partial charge in [-0.2, -0.15) is 4.80 Å². The van der Waals surface area contributed by atoms with Crippen LogP contribution in [0.3, 0.4) is 0 Å². The molecule has 0 aromatic carbocycles. The summed E-state index contributed by atoms with van der Waals surface area (Å²) in [4.78, 5) is 1.50. The third-order valence-electron chi connectivity index (χ3n) is 2.63. The molecular formula is C11H19N5. The van der Waals surface area contributed by atoms with Gasteiger partial charge in [0.1, 0.15) is 0 Å². The van der Waals surface area contributed by atoms with Crippen LogP contribution in [0.25, 0.3) is 0 Å². The van der Waals surface area contributed by atoms with Crippen LogP contribution in [-0.4, -0.2) is 32.8 Å². The monoisotopic (exact) mass is 221 g/mol. The summed E-state index contributed by atoms with van der Waals surface area (Å²) in [6, 6.07) is 0.801. The Morgan fingerprint density at radius 2 is 2.38 bits per heavy atom. The number of hydrogen-bond acceptors (Lipinski definition) is 4. The molecular weight excluding hydrogens is 202 g/mol. The van der Waals surface area contributed by atoms with Crippen molar-refractivity contribution in [1.29, 1.82) is 0 Å². The second-order valence-electron chi connectivity index (χ2n) is 4.44. The molecule has 1 fully saturated rings. The molecule has 1 aliphatic rings. The maximum absolute atomic E-state index is 4.16. The van der Waals surface area contributed by atoms with Crippen LogP contribution in [0.15, 0.2) is 11.6 Å². The molecule has 0 unspecified atom stereocenters. The van der Waals surface area contributed by atoms with Crippen molar-refractivity contribution in [1.82, 2.24) is 25.5 Å². The zero-order valence-corrected chi connectivity index (χ0v) is 9.98. The van der Waals surface area contributed by atoms with Crippen LogP contribution in [0, 0.1) is 0 Å². The van der Waals surface area contributed by atoms with Crippen LogP contribution < -0.4 is 5.32 Å². The van der Waals surface area contributed by atoms with Crippen LogP contribution in [-0.2, 0) is 13.5 Å². The predicted octanol–water partition coefficient (Wildman–Crippen LogP) is 0.841. The van der Waals surface area contributed by atoms with Crippen molar-refractivity contribution in [3.8, 4) is 0 Å². The molecule has 5 nitrogen and oxygen atoms in total. The van der Waals surface area contributed by atoms with Crippen molar-refractivity contribution < 1.29 is 0 Å². The minimum Gasteiger partial charge on any atom is -0.314 e. The van der Waals surface area contributed by atoms with Crippen molar-refractivity contribution in [2.75, 3.05) is 6.54 Å². The fourth-order valence-corrected chi connectivity index (χ4v) is 1.61. The van der Waals surface area contributed by atoms with Crippen molar-refractivity contribution in [2.24, 2.45) is 7.05 Å². The molecule has 5 heteroatoms. The van der Waals surface area contributed by atoms with E-state index in [4.69, 9.17) is 0 Å². The molecule has 1 aromatic rings. The highest BCUT2D eigenvalue weighted by Crippen LogP contribution is 2.18. The molecule has 1 heterocycles. The topological polar surface area (TPSA) is 55.6 Å². The molecule has 0 spiro atoms. The second-order valence-corrected chi connectivity index (χ2v) is 4.44. The van der Waals surface area contributed by atoms with E-state index in [1.54, 1.807) is 7.05 Å². The summed E-state index contributed by atoms with van der Waals surface area (Å²) in [7, 11) is 1.79. The number of aryl methyl sites for hydroxylation is 1. The van der Waals surface area contributed by atoms with Gasteiger partial charge in [-0.05, 0) is 37.9 Å². The Morgan fingerprint density at radius 1 is 1.56 bits per heavy atom. The second kappa shape index (κ2) is 5.21. The Morgan fingerprint density at radius 3 is 3.00 bits per heavy atom. The highest BCUT2D eigenvalue weighted by atomic mass is 15.6. The highest BCUT2D eigenvalue weighted by Gasteiger charge is 2.19. The van der Waals surface area contributed by atoms with Gasteiger partial charge in [0.2, 0.25) is 0 Å². The van der Waals surface area contributed by atoms with Gasteiger partial charge in [-0.3, -0.25) is 0 Å². The van der Waals surface area contributed by atoms with Gasteiger partial charge in [-0.15, -0.1) is 10.2 Å². The summed E-state index contributed by atoms with van der Waals surface area (Å²) in [6.07, 6.45) is 6.85. The van der Waals surface area contributed by atoms with Crippen LogP contribution in [0.4, 0.5) is 0 Å². The zero-order chi connectivity index (χ0) is 11.4. The lowest BCUT2D eigenvalue weighted by Gasteiger charge is -2.00. The van der Waals surface area contributed by atoms with Gasteiger partial charge in [0.05, 0.1) is 7.05 Å². The Labute approximate surface area is 95.9 Å². The molecule has 0 bridgehead atoms. The van der Waals surface area contributed by atoms with E-state index in [1.807, 2.05) is 0 Å². The third kappa shape index (κ3) is 3.73. The van der Waals surface area contributed by atoms with E-state index < -0.39 is 0 Å². The van der Waals surface area contributed by atoms with E-state index in [1.165, 1.54) is 23.2 Å². The largest absolute Gasteiger partial charge is 0.314 e. The number of aromatic nitrogens is 4. The third-order valence-corrected chi connectivity index (χ3v) is 2.63. The zero-order valence-electron chi connectivity index (χ0n) is 9.98. The van der Waals surface area contributed by atoms with E-state index in [-0.39, 0.29) is 0 Å². The molecule has 1 N–H and O–H groups in total. The molecule has 0 amide bonds.